The van der Waals surface area contributed by atoms with Crippen molar-refractivity contribution in [2.24, 2.45) is 0 Å². The Morgan fingerprint density at radius 3 is 2.65 bits per heavy atom. The predicted octanol–water partition coefficient (Wildman–Crippen LogP) is 5.36. The van der Waals surface area contributed by atoms with Crippen molar-refractivity contribution in [2.45, 2.75) is 32.7 Å². The van der Waals surface area contributed by atoms with Crippen molar-refractivity contribution in [2.75, 3.05) is 11.4 Å². The number of hydrogen-bond donors (Lipinski definition) is 0. The Morgan fingerprint density at radius 2 is 1.81 bits per heavy atom. The van der Waals surface area contributed by atoms with Gasteiger partial charge in [-0.25, -0.2) is 9.37 Å². The van der Waals surface area contributed by atoms with Crippen LogP contribution in [0.3, 0.4) is 0 Å². The molecule has 0 unspecified atom stereocenters. The van der Waals surface area contributed by atoms with Gasteiger partial charge in [0, 0.05) is 30.1 Å². The Hall–Kier alpha value is -3.47. The molecule has 1 aromatic heterocycles. The van der Waals surface area contributed by atoms with Crippen molar-refractivity contribution in [3.63, 3.8) is 0 Å². The van der Waals surface area contributed by atoms with Crippen molar-refractivity contribution in [3.05, 3.63) is 95.1 Å². The number of para-hydroxylation sites is 2. The zero-order valence-electron chi connectivity index (χ0n) is 17.7. The van der Waals surface area contributed by atoms with Gasteiger partial charge in [-0.1, -0.05) is 42.5 Å². The molecule has 2 heterocycles. The van der Waals surface area contributed by atoms with Crippen LogP contribution in [0.2, 0.25) is 0 Å². The molecule has 5 rings (SSSR count). The molecule has 156 valence electrons. The number of halogens is 1. The first kappa shape index (κ1) is 19.5. The molecule has 3 aromatic carbocycles. The molecule has 0 radical (unpaired) electrons. The van der Waals surface area contributed by atoms with Crippen LogP contribution in [0.4, 0.5) is 10.1 Å². The second-order valence-electron chi connectivity index (χ2n) is 8.33. The molecular formula is C26H24FN3O. The van der Waals surface area contributed by atoms with E-state index in [4.69, 9.17) is 4.98 Å². The lowest BCUT2D eigenvalue weighted by Crippen LogP contribution is -2.25. The number of hydrogen-bond acceptors (Lipinski definition) is 2. The molecule has 4 nitrogen and oxygen atoms in total. The van der Waals surface area contributed by atoms with Gasteiger partial charge in [-0.05, 0) is 49.2 Å². The molecule has 1 amide bonds. The Bertz CT molecular complexity index is 1290. The number of anilines is 1. The lowest BCUT2D eigenvalue weighted by molar-refractivity contribution is -0.117. The van der Waals surface area contributed by atoms with Crippen LogP contribution < -0.4 is 4.90 Å². The second-order valence-corrected chi connectivity index (χ2v) is 8.33. The fourth-order valence-corrected chi connectivity index (χ4v) is 4.49. The van der Waals surface area contributed by atoms with Crippen molar-refractivity contribution < 1.29 is 9.18 Å². The molecule has 0 saturated carbocycles. The van der Waals surface area contributed by atoms with Gasteiger partial charge >= 0.3 is 0 Å². The highest BCUT2D eigenvalue weighted by Gasteiger charge is 2.35. The van der Waals surface area contributed by atoms with E-state index in [0.717, 1.165) is 33.7 Å². The smallest absolute Gasteiger partial charge is 0.227 e. The highest BCUT2D eigenvalue weighted by molar-refractivity contribution is 5.97. The lowest BCUT2D eigenvalue weighted by Gasteiger charge is -2.20. The molecule has 5 heteroatoms. The van der Waals surface area contributed by atoms with Crippen LogP contribution in [0.15, 0.2) is 66.7 Å². The molecular weight excluding hydrogens is 389 g/mol. The van der Waals surface area contributed by atoms with Crippen LogP contribution in [0, 0.1) is 19.7 Å². The molecule has 1 fully saturated rings. The molecule has 1 aliphatic heterocycles. The third-order valence-electron chi connectivity index (χ3n) is 6.12. The van der Waals surface area contributed by atoms with Gasteiger partial charge in [-0.3, -0.25) is 4.79 Å². The summed E-state index contributed by atoms with van der Waals surface area (Å²) in [6.07, 6.45) is 0.397. The number of benzene rings is 3. The molecule has 1 atom stereocenters. The lowest BCUT2D eigenvalue weighted by atomic mass is 10.1. The van der Waals surface area contributed by atoms with E-state index in [0.29, 0.717) is 25.1 Å². The zero-order chi connectivity index (χ0) is 21.5. The molecule has 0 aliphatic carbocycles. The van der Waals surface area contributed by atoms with Gasteiger partial charge in [0.2, 0.25) is 5.91 Å². The Balaban J connectivity index is 1.55. The van der Waals surface area contributed by atoms with Gasteiger partial charge in [0.15, 0.2) is 0 Å². The van der Waals surface area contributed by atoms with Crippen LogP contribution in [-0.2, 0) is 11.3 Å². The van der Waals surface area contributed by atoms with Gasteiger partial charge in [0.25, 0.3) is 0 Å². The summed E-state index contributed by atoms with van der Waals surface area (Å²) in [6, 6.07) is 20.9. The Morgan fingerprint density at radius 1 is 1.03 bits per heavy atom. The second kappa shape index (κ2) is 7.65. The quantitative estimate of drug-likeness (QED) is 0.452. The number of imidazole rings is 1. The minimum Gasteiger partial charge on any atom is -0.323 e. The van der Waals surface area contributed by atoms with Gasteiger partial charge in [0.05, 0.1) is 17.6 Å². The van der Waals surface area contributed by atoms with Crippen LogP contribution in [0.25, 0.3) is 11.0 Å². The first-order valence-corrected chi connectivity index (χ1v) is 10.6. The van der Waals surface area contributed by atoms with E-state index in [1.54, 1.807) is 12.1 Å². The van der Waals surface area contributed by atoms with Crippen LogP contribution >= 0.6 is 0 Å². The van der Waals surface area contributed by atoms with E-state index in [2.05, 4.69) is 22.8 Å². The van der Waals surface area contributed by atoms with Crippen LogP contribution in [0.5, 0.6) is 0 Å². The van der Waals surface area contributed by atoms with Gasteiger partial charge < -0.3 is 9.47 Å². The number of nitrogens with zero attached hydrogens (tertiary/aromatic N) is 3. The average Bonchev–Trinajstić information content (AvgIpc) is 3.32. The monoisotopic (exact) mass is 413 g/mol. The van der Waals surface area contributed by atoms with Crippen molar-refractivity contribution in [3.8, 4) is 0 Å². The maximum Gasteiger partial charge on any atom is 0.227 e. The third-order valence-corrected chi connectivity index (χ3v) is 6.12. The SMILES string of the molecule is Cc1ccc(C)c(N2C[C@@H](c3nc4ccccc4n3Cc3ccccc3F)CC2=O)c1. The minimum absolute atomic E-state index is 0.0495. The largest absolute Gasteiger partial charge is 0.323 e. The molecule has 0 bridgehead atoms. The normalized spacial score (nSPS) is 16.4. The summed E-state index contributed by atoms with van der Waals surface area (Å²) in [5.41, 5.74) is 5.61. The van der Waals surface area contributed by atoms with Crippen molar-refractivity contribution in [1.29, 1.82) is 0 Å². The van der Waals surface area contributed by atoms with Crippen molar-refractivity contribution in [1.82, 2.24) is 9.55 Å². The average molecular weight is 413 g/mol. The number of rotatable bonds is 4. The number of carbonyl (C=O) groups excluding carboxylic acids is 1. The maximum absolute atomic E-state index is 14.4. The zero-order valence-corrected chi connectivity index (χ0v) is 17.7. The van der Waals surface area contributed by atoms with Gasteiger partial charge in [-0.2, -0.15) is 0 Å². The highest BCUT2D eigenvalue weighted by atomic mass is 19.1. The maximum atomic E-state index is 14.4. The molecule has 4 aromatic rings. The van der Waals surface area contributed by atoms with E-state index in [1.165, 1.54) is 6.07 Å². The fraction of sp³-hybridized carbons (Fsp3) is 0.231. The summed E-state index contributed by atoms with van der Waals surface area (Å²) < 4.78 is 16.5. The van der Waals surface area contributed by atoms with E-state index in [-0.39, 0.29) is 17.6 Å². The number of amides is 1. The number of aryl methyl sites for hydroxylation is 2. The molecule has 1 saturated heterocycles. The summed E-state index contributed by atoms with van der Waals surface area (Å²) >= 11 is 0. The summed E-state index contributed by atoms with van der Waals surface area (Å²) in [7, 11) is 0. The molecule has 31 heavy (non-hydrogen) atoms. The minimum atomic E-state index is -0.231. The van der Waals surface area contributed by atoms with Crippen LogP contribution in [0.1, 0.15) is 34.9 Å². The highest BCUT2D eigenvalue weighted by Crippen LogP contribution is 2.35. The summed E-state index contributed by atoms with van der Waals surface area (Å²) in [6.45, 7) is 5.03. The molecule has 0 spiro atoms. The van der Waals surface area contributed by atoms with E-state index >= 15 is 0 Å². The first-order valence-electron chi connectivity index (χ1n) is 10.6. The van der Waals surface area contributed by atoms with Gasteiger partial charge in [0.1, 0.15) is 11.6 Å². The number of aromatic nitrogens is 2. The Kier molecular flexibility index (Phi) is 4.81. The van der Waals surface area contributed by atoms with Crippen molar-refractivity contribution >= 4 is 22.6 Å². The fourth-order valence-electron chi connectivity index (χ4n) is 4.49. The third kappa shape index (κ3) is 3.50. The molecule has 1 aliphatic rings. The molecule has 0 N–H and O–H groups in total. The van der Waals surface area contributed by atoms with E-state index < -0.39 is 0 Å². The topological polar surface area (TPSA) is 38.1 Å². The number of fused-ring (bicyclic) bond motifs is 1. The van der Waals surface area contributed by atoms with Gasteiger partial charge in [-0.15, -0.1) is 0 Å². The van der Waals surface area contributed by atoms with Crippen LogP contribution in [-0.4, -0.2) is 22.0 Å². The van der Waals surface area contributed by atoms with E-state index in [1.807, 2.05) is 49.1 Å². The predicted molar refractivity (Wildman–Crippen MR) is 121 cm³/mol. The summed E-state index contributed by atoms with van der Waals surface area (Å²) in [5, 5.41) is 0. The number of carbonyl (C=O) groups is 1. The summed E-state index contributed by atoms with van der Waals surface area (Å²) in [5.74, 6) is 0.658. The first-order chi connectivity index (χ1) is 15.0. The summed E-state index contributed by atoms with van der Waals surface area (Å²) in [4.78, 5) is 19.7. The van der Waals surface area contributed by atoms with E-state index in [9.17, 15) is 9.18 Å². The standard InChI is InChI=1S/C26H24FN3O/c1-17-11-12-18(2)24(13-17)29-16-20(14-25(29)31)26-28-22-9-5-6-10-23(22)30(26)15-19-7-3-4-8-21(19)27/h3-13,20H,14-16H2,1-2H3/t20-/m0/s1. The Labute approximate surface area is 181 Å².